The van der Waals surface area contributed by atoms with E-state index in [0.717, 1.165) is 28.3 Å². The molecule has 2 aromatic carbocycles. The Balaban J connectivity index is 2.05. The van der Waals surface area contributed by atoms with E-state index in [-0.39, 0.29) is 5.75 Å². The maximum atomic E-state index is 9.87. The molecule has 0 heterocycles. The molecule has 0 fully saturated rings. The molecule has 138 valence electrons. The van der Waals surface area contributed by atoms with Crippen molar-refractivity contribution in [3.05, 3.63) is 59.7 Å². The van der Waals surface area contributed by atoms with Gasteiger partial charge in [-0.3, -0.25) is 9.98 Å². The first-order valence-electron chi connectivity index (χ1n) is 8.56. The maximum Gasteiger partial charge on any atom is 0.341 e. The summed E-state index contributed by atoms with van der Waals surface area (Å²) in [6, 6.07) is 15.0. The molecule has 0 unspecified atom stereocenters. The van der Waals surface area contributed by atoms with Crippen molar-refractivity contribution >= 4 is 30.1 Å². The summed E-state index contributed by atoms with van der Waals surface area (Å²) < 4.78 is 5.94. The van der Waals surface area contributed by atoms with Gasteiger partial charge in [0.2, 0.25) is 0 Å². The van der Waals surface area contributed by atoms with Crippen LogP contribution in [0.5, 0.6) is 11.5 Å². The molecule has 0 saturated heterocycles. The first-order valence-corrected chi connectivity index (χ1v) is 12.5. The van der Waals surface area contributed by atoms with Gasteiger partial charge in [0.25, 0.3) is 0 Å². The molecule has 6 heteroatoms. The highest BCUT2D eigenvalue weighted by atomic mass is 35.6. The van der Waals surface area contributed by atoms with Crippen LogP contribution in [0.4, 0.5) is 0 Å². The van der Waals surface area contributed by atoms with Gasteiger partial charge in [0.1, 0.15) is 11.5 Å². The van der Waals surface area contributed by atoms with E-state index >= 15 is 0 Å². The summed E-state index contributed by atoms with van der Waals surface area (Å²) in [5.41, 5.74) is 3.40. The van der Waals surface area contributed by atoms with Crippen molar-refractivity contribution in [3.63, 3.8) is 0 Å². The number of phenolic OH excluding ortho intramolecular Hbond substituents is 1. The summed E-state index contributed by atoms with van der Waals surface area (Å²) in [5, 5.41) is 9.87. The fourth-order valence-corrected chi connectivity index (χ4v) is 3.45. The summed E-state index contributed by atoms with van der Waals surface area (Å²) in [6.45, 7) is 8.85. The molecule has 0 aromatic heterocycles. The predicted molar refractivity (Wildman–Crippen MR) is 113 cm³/mol. The van der Waals surface area contributed by atoms with Crippen molar-refractivity contribution in [1.82, 2.24) is 0 Å². The van der Waals surface area contributed by atoms with E-state index in [2.05, 4.69) is 9.98 Å². The van der Waals surface area contributed by atoms with Gasteiger partial charge >= 0.3 is 7.63 Å². The van der Waals surface area contributed by atoms with Crippen LogP contribution in [0.15, 0.2) is 58.5 Å². The largest absolute Gasteiger partial charge is 0.529 e. The van der Waals surface area contributed by atoms with Gasteiger partial charge in [-0.1, -0.05) is 24.3 Å². The van der Waals surface area contributed by atoms with Crippen LogP contribution in [-0.4, -0.2) is 37.2 Å². The number of rotatable bonds is 7. The molecule has 0 saturated carbocycles. The van der Waals surface area contributed by atoms with E-state index in [1.807, 2.05) is 63.3 Å². The third-order valence-corrected chi connectivity index (χ3v) is 4.66. The lowest BCUT2D eigenvalue weighted by Crippen LogP contribution is -2.27. The quantitative estimate of drug-likeness (QED) is 0.313. The maximum absolute atomic E-state index is 9.87. The predicted octanol–water partition coefficient (Wildman–Crippen LogP) is 5.03. The Labute approximate surface area is 161 Å². The zero-order chi connectivity index (χ0) is 19.2. The van der Waals surface area contributed by atoms with Crippen LogP contribution in [0.2, 0.25) is 13.1 Å². The number of halogens is 1. The van der Waals surface area contributed by atoms with E-state index in [4.69, 9.17) is 15.5 Å². The standard InChI is InChI=1S/C20H25ClN2O2Si/c1-15(17-9-5-7-11-19(17)24)22-13-14-23-16(2)18-10-6-8-12-20(18)25-26(3,4)21/h5-12,24H,13-14H2,1-4H3. The Morgan fingerprint density at radius 3 is 2.00 bits per heavy atom. The third-order valence-electron chi connectivity index (χ3n) is 3.72. The van der Waals surface area contributed by atoms with Crippen LogP contribution in [0.25, 0.3) is 0 Å². The molecule has 2 aromatic rings. The fraction of sp³-hybridized carbons (Fsp3) is 0.300. The molecule has 0 aliphatic carbocycles. The highest BCUT2D eigenvalue weighted by Crippen LogP contribution is 2.24. The lowest BCUT2D eigenvalue weighted by molar-refractivity contribution is 0.474. The zero-order valence-corrected chi connectivity index (χ0v) is 17.4. The van der Waals surface area contributed by atoms with Gasteiger partial charge in [-0.25, -0.2) is 0 Å². The number of aromatic hydroxyl groups is 1. The number of benzene rings is 2. The SMILES string of the molecule is CC(=NCCN=C(C)c1ccccc1O[Si](C)(C)Cl)c1ccccc1O. The highest BCUT2D eigenvalue weighted by Gasteiger charge is 2.22. The molecule has 0 atom stereocenters. The van der Waals surface area contributed by atoms with Crippen molar-refractivity contribution in [2.75, 3.05) is 13.1 Å². The molecule has 0 radical (unpaired) electrons. The summed E-state index contributed by atoms with van der Waals surface area (Å²) in [4.78, 5) is 9.12. The average molecular weight is 389 g/mol. The van der Waals surface area contributed by atoms with Crippen LogP contribution in [0.3, 0.4) is 0 Å². The molecular weight excluding hydrogens is 364 g/mol. The number of para-hydroxylation sites is 2. The van der Waals surface area contributed by atoms with Gasteiger partial charge in [-0.05, 0) is 51.2 Å². The summed E-state index contributed by atoms with van der Waals surface area (Å²) in [6.07, 6.45) is 0. The van der Waals surface area contributed by atoms with E-state index in [1.165, 1.54) is 0 Å². The van der Waals surface area contributed by atoms with Crippen molar-refractivity contribution < 1.29 is 9.53 Å². The summed E-state index contributed by atoms with van der Waals surface area (Å²) in [7, 11) is -2.20. The van der Waals surface area contributed by atoms with Gasteiger partial charge in [0.15, 0.2) is 0 Å². The van der Waals surface area contributed by atoms with Crippen LogP contribution in [0.1, 0.15) is 25.0 Å². The molecule has 4 nitrogen and oxygen atoms in total. The zero-order valence-electron chi connectivity index (χ0n) is 15.7. The molecular formula is C20H25ClN2O2Si. The number of hydrogen-bond acceptors (Lipinski definition) is 4. The first-order chi connectivity index (χ1) is 12.3. The van der Waals surface area contributed by atoms with Crippen molar-refractivity contribution in [1.29, 1.82) is 0 Å². The Kier molecular flexibility index (Phi) is 7.00. The minimum absolute atomic E-state index is 0.243. The Morgan fingerprint density at radius 1 is 0.923 bits per heavy atom. The Morgan fingerprint density at radius 2 is 1.42 bits per heavy atom. The van der Waals surface area contributed by atoms with E-state index in [1.54, 1.807) is 12.1 Å². The smallest absolute Gasteiger partial charge is 0.341 e. The molecule has 2 rings (SSSR count). The van der Waals surface area contributed by atoms with Crippen molar-refractivity contribution in [3.8, 4) is 11.5 Å². The van der Waals surface area contributed by atoms with E-state index in [9.17, 15) is 5.11 Å². The minimum Gasteiger partial charge on any atom is -0.529 e. The van der Waals surface area contributed by atoms with Crippen LogP contribution in [0, 0.1) is 0 Å². The van der Waals surface area contributed by atoms with Crippen LogP contribution in [-0.2, 0) is 0 Å². The second-order valence-corrected chi connectivity index (χ2v) is 12.1. The minimum atomic E-state index is -2.20. The molecule has 26 heavy (non-hydrogen) atoms. The van der Waals surface area contributed by atoms with Gasteiger partial charge in [0, 0.05) is 22.6 Å². The van der Waals surface area contributed by atoms with Gasteiger partial charge in [-0.15, -0.1) is 11.1 Å². The normalized spacial score (nSPS) is 13.0. The van der Waals surface area contributed by atoms with Gasteiger partial charge in [-0.2, -0.15) is 0 Å². The molecule has 0 spiro atoms. The van der Waals surface area contributed by atoms with Crippen LogP contribution < -0.4 is 4.43 Å². The Hall–Kier alpha value is -2.11. The monoisotopic (exact) mass is 388 g/mol. The summed E-state index contributed by atoms with van der Waals surface area (Å²) in [5.74, 6) is 1.02. The topological polar surface area (TPSA) is 54.2 Å². The lowest BCUT2D eigenvalue weighted by Gasteiger charge is -2.19. The summed E-state index contributed by atoms with van der Waals surface area (Å²) >= 11 is 6.32. The van der Waals surface area contributed by atoms with Gasteiger partial charge < -0.3 is 9.53 Å². The molecule has 0 aliphatic heterocycles. The third kappa shape index (κ3) is 6.00. The van der Waals surface area contributed by atoms with E-state index < -0.39 is 7.63 Å². The fourth-order valence-electron chi connectivity index (χ4n) is 2.50. The van der Waals surface area contributed by atoms with Crippen molar-refractivity contribution in [2.24, 2.45) is 9.98 Å². The number of phenols is 1. The average Bonchev–Trinajstić information content (AvgIpc) is 2.58. The van der Waals surface area contributed by atoms with E-state index in [0.29, 0.717) is 13.1 Å². The van der Waals surface area contributed by atoms with Crippen LogP contribution >= 0.6 is 11.1 Å². The first kappa shape index (κ1) is 20.2. The molecule has 0 bridgehead atoms. The number of aliphatic imine (C=N–C) groups is 2. The Bertz CT molecular complexity index is 813. The number of nitrogens with zero attached hydrogens (tertiary/aromatic N) is 2. The van der Waals surface area contributed by atoms with Crippen molar-refractivity contribution in [2.45, 2.75) is 26.9 Å². The lowest BCUT2D eigenvalue weighted by atomic mass is 10.1. The highest BCUT2D eigenvalue weighted by molar-refractivity contribution is 7.15. The van der Waals surface area contributed by atoms with Gasteiger partial charge in [0.05, 0.1) is 13.1 Å². The second kappa shape index (κ2) is 9.01. The molecule has 1 N–H and O–H groups in total. The molecule has 0 amide bonds. The number of hydrogen-bond donors (Lipinski definition) is 1. The molecule has 0 aliphatic rings. The second-order valence-electron chi connectivity index (χ2n) is 6.41.